The second-order valence-electron chi connectivity index (χ2n) is 8.93. The van der Waals surface area contributed by atoms with E-state index in [1.54, 1.807) is 0 Å². The van der Waals surface area contributed by atoms with Crippen LogP contribution < -0.4 is 9.47 Å². The lowest BCUT2D eigenvalue weighted by atomic mass is 9.71. The molecule has 3 nitrogen and oxygen atoms in total. The molecule has 0 unspecified atom stereocenters. The number of esters is 1. The summed E-state index contributed by atoms with van der Waals surface area (Å²) in [6.07, 6.45) is 9.52. The highest BCUT2D eigenvalue weighted by Crippen LogP contribution is 2.46. The minimum Gasteiger partial charge on any atom is -0.493 e. The number of rotatable bonds is 11. The van der Waals surface area contributed by atoms with Crippen molar-refractivity contribution >= 4 is 29.1 Å². The molecular weight excluding hydrogens is 460 g/mol. The second kappa shape index (κ2) is 13.3. The molecule has 1 aromatic carbocycles. The highest BCUT2D eigenvalue weighted by molar-refractivity contribution is 7.99. The van der Waals surface area contributed by atoms with Gasteiger partial charge in [-0.05, 0) is 62.1 Å². The second-order valence-corrected chi connectivity index (χ2v) is 11.1. The van der Waals surface area contributed by atoms with Gasteiger partial charge in [0.05, 0.1) is 11.5 Å². The predicted molar refractivity (Wildman–Crippen MR) is 145 cm³/mol. The van der Waals surface area contributed by atoms with Gasteiger partial charge in [0, 0.05) is 27.9 Å². The quantitative estimate of drug-likeness (QED) is 0.135. The van der Waals surface area contributed by atoms with Crippen LogP contribution in [0.5, 0.6) is 10.8 Å². The number of ether oxygens (including phenoxy) is 2. The lowest BCUT2D eigenvalue weighted by Crippen LogP contribution is -2.32. The number of benzene rings is 1. The fraction of sp³-hybridized carbons (Fsp3) is 0.552. The number of carbonyl (C=O) groups excluding carboxylic acids is 1. The van der Waals surface area contributed by atoms with Crippen molar-refractivity contribution in [3.63, 3.8) is 0 Å². The van der Waals surface area contributed by atoms with E-state index in [0.29, 0.717) is 11.5 Å². The van der Waals surface area contributed by atoms with Crippen LogP contribution in [0.3, 0.4) is 0 Å². The monoisotopic (exact) mass is 498 g/mol. The average Bonchev–Trinajstić information content (AvgIpc) is 3.29. The van der Waals surface area contributed by atoms with Crippen LogP contribution in [-0.4, -0.2) is 18.3 Å². The van der Waals surface area contributed by atoms with Crippen molar-refractivity contribution in [3.05, 3.63) is 40.3 Å². The summed E-state index contributed by atoms with van der Waals surface area (Å²) in [5.41, 5.74) is 2.55. The molecule has 1 aromatic heterocycles. The summed E-state index contributed by atoms with van der Waals surface area (Å²) >= 11 is 3.32. The summed E-state index contributed by atoms with van der Waals surface area (Å²) in [6, 6.07) is 8.30. The Labute approximate surface area is 214 Å². The molecule has 3 rings (SSSR count). The lowest BCUT2D eigenvalue weighted by molar-refractivity contribution is -0.134. The van der Waals surface area contributed by atoms with E-state index < -0.39 is 0 Å². The Morgan fingerprint density at radius 3 is 2.65 bits per heavy atom. The molecule has 2 aromatic rings. The molecule has 34 heavy (non-hydrogen) atoms. The van der Waals surface area contributed by atoms with E-state index in [9.17, 15) is 4.79 Å². The maximum absolute atomic E-state index is 11.8. The van der Waals surface area contributed by atoms with E-state index in [2.05, 4.69) is 44.7 Å². The van der Waals surface area contributed by atoms with Crippen molar-refractivity contribution in [2.45, 2.75) is 95.8 Å². The first kappa shape index (κ1) is 26.7. The number of hydrogen-bond acceptors (Lipinski definition) is 5. The molecule has 0 radical (unpaired) electrons. The predicted octanol–water partition coefficient (Wildman–Crippen LogP) is 8.37. The lowest BCUT2D eigenvalue weighted by Gasteiger charge is -2.38. The first-order chi connectivity index (χ1) is 16.5. The molecule has 184 valence electrons. The molecule has 0 aliphatic carbocycles. The van der Waals surface area contributed by atoms with Gasteiger partial charge in [-0.2, -0.15) is 0 Å². The normalized spacial score (nSPS) is 14.0. The molecule has 0 saturated heterocycles. The number of fused-ring (bicyclic) bond motifs is 1. The van der Waals surface area contributed by atoms with Crippen molar-refractivity contribution in [1.29, 1.82) is 0 Å². The van der Waals surface area contributed by atoms with Crippen molar-refractivity contribution < 1.29 is 14.3 Å². The van der Waals surface area contributed by atoms with E-state index in [1.165, 1.54) is 47.5 Å². The van der Waals surface area contributed by atoms with E-state index in [1.807, 2.05) is 30.8 Å². The summed E-state index contributed by atoms with van der Waals surface area (Å²) < 4.78 is 11.6. The van der Waals surface area contributed by atoms with Gasteiger partial charge in [-0.3, -0.25) is 4.79 Å². The van der Waals surface area contributed by atoms with Crippen molar-refractivity contribution in [1.82, 2.24) is 0 Å². The maximum Gasteiger partial charge on any atom is 0.311 e. The van der Waals surface area contributed by atoms with Crippen LogP contribution in [0.15, 0.2) is 29.2 Å². The Balaban J connectivity index is 1.88. The fourth-order valence-electron chi connectivity index (χ4n) is 4.44. The van der Waals surface area contributed by atoms with Gasteiger partial charge in [0.25, 0.3) is 0 Å². The Hall–Kier alpha value is -1.90. The molecule has 2 heterocycles. The molecule has 0 atom stereocenters. The molecule has 0 amide bonds. The van der Waals surface area contributed by atoms with Crippen LogP contribution >= 0.6 is 23.1 Å². The van der Waals surface area contributed by atoms with Gasteiger partial charge in [-0.25, -0.2) is 0 Å². The van der Waals surface area contributed by atoms with Crippen LogP contribution in [-0.2, 0) is 10.2 Å². The van der Waals surface area contributed by atoms with Gasteiger partial charge in [0.2, 0.25) is 0 Å². The van der Waals surface area contributed by atoms with Crippen molar-refractivity contribution in [2.75, 3.05) is 12.4 Å². The SMILES string of the molecule is CCCCCCSc1cc2c(cc1C#Cc1ccc(OC(=O)CCC)s1)C(CC)(CC)CCO2. The van der Waals surface area contributed by atoms with Crippen LogP contribution in [0.1, 0.15) is 101 Å². The third-order valence-electron chi connectivity index (χ3n) is 6.67. The van der Waals surface area contributed by atoms with Gasteiger partial charge < -0.3 is 9.47 Å². The molecule has 0 bridgehead atoms. The molecule has 1 aliphatic heterocycles. The maximum atomic E-state index is 11.8. The topological polar surface area (TPSA) is 35.5 Å². The first-order valence-corrected chi connectivity index (χ1v) is 14.6. The third kappa shape index (κ3) is 6.83. The zero-order valence-electron chi connectivity index (χ0n) is 21.1. The molecule has 0 N–H and O–H groups in total. The fourth-order valence-corrected chi connectivity index (χ4v) is 6.19. The van der Waals surface area contributed by atoms with Gasteiger partial charge >= 0.3 is 5.97 Å². The van der Waals surface area contributed by atoms with E-state index in [4.69, 9.17) is 9.47 Å². The largest absolute Gasteiger partial charge is 0.493 e. The highest BCUT2D eigenvalue weighted by atomic mass is 32.2. The summed E-state index contributed by atoms with van der Waals surface area (Å²) in [4.78, 5) is 13.9. The van der Waals surface area contributed by atoms with Gasteiger partial charge in [0.15, 0.2) is 5.06 Å². The molecule has 5 heteroatoms. The van der Waals surface area contributed by atoms with E-state index >= 15 is 0 Å². The Morgan fingerprint density at radius 1 is 1.09 bits per heavy atom. The van der Waals surface area contributed by atoms with Crippen LogP contribution in [0.2, 0.25) is 0 Å². The van der Waals surface area contributed by atoms with Gasteiger partial charge in [0.1, 0.15) is 5.75 Å². The van der Waals surface area contributed by atoms with Gasteiger partial charge in [-0.15, -0.1) is 11.8 Å². The summed E-state index contributed by atoms with van der Waals surface area (Å²) in [6.45, 7) is 9.58. The van der Waals surface area contributed by atoms with Crippen molar-refractivity contribution in [2.24, 2.45) is 0 Å². The molecular formula is C29H38O3S2. The number of thioether (sulfide) groups is 1. The molecule has 1 aliphatic rings. The molecule has 0 saturated carbocycles. The van der Waals surface area contributed by atoms with Crippen molar-refractivity contribution in [3.8, 4) is 22.7 Å². The summed E-state index contributed by atoms with van der Waals surface area (Å²) in [5.74, 6) is 8.73. The van der Waals surface area contributed by atoms with E-state index in [0.717, 1.165) is 54.2 Å². The highest BCUT2D eigenvalue weighted by Gasteiger charge is 2.35. The number of unbranched alkanes of at least 4 members (excludes halogenated alkanes) is 3. The Bertz CT molecular complexity index is 1010. The van der Waals surface area contributed by atoms with Crippen LogP contribution in [0.25, 0.3) is 0 Å². The Morgan fingerprint density at radius 2 is 1.91 bits per heavy atom. The summed E-state index contributed by atoms with van der Waals surface area (Å²) in [5, 5.41) is 0.614. The number of thiophene rings is 1. The zero-order valence-corrected chi connectivity index (χ0v) is 22.8. The van der Waals surface area contributed by atoms with E-state index in [-0.39, 0.29) is 11.4 Å². The number of hydrogen-bond donors (Lipinski definition) is 0. The smallest absolute Gasteiger partial charge is 0.311 e. The van der Waals surface area contributed by atoms with Gasteiger partial charge in [-0.1, -0.05) is 70.1 Å². The third-order valence-corrected chi connectivity index (χ3v) is 8.69. The summed E-state index contributed by atoms with van der Waals surface area (Å²) in [7, 11) is 0. The average molecular weight is 499 g/mol. The molecule has 0 fully saturated rings. The minimum absolute atomic E-state index is 0.165. The number of carbonyl (C=O) groups is 1. The Kier molecular flexibility index (Phi) is 10.4. The van der Waals surface area contributed by atoms with Crippen LogP contribution in [0, 0.1) is 11.8 Å². The minimum atomic E-state index is -0.184. The standard InChI is InChI=1S/C29H38O3S2/c1-5-9-10-11-19-33-26-21-25-24(29(7-3,8-4)17-18-31-25)20-22(26)13-14-23-15-16-28(34-23)32-27(30)12-6-2/h15-16,20-21H,5-12,17-19H2,1-4H3. The molecule has 0 spiro atoms. The first-order valence-electron chi connectivity index (χ1n) is 12.8. The van der Waals surface area contributed by atoms with Crippen LogP contribution in [0.4, 0.5) is 0 Å². The zero-order chi connectivity index (χ0) is 24.4.